The number of rotatable bonds is 3. The third-order valence-electron chi connectivity index (χ3n) is 3.93. The van der Waals surface area contributed by atoms with Gasteiger partial charge in [0.2, 0.25) is 5.91 Å². The third kappa shape index (κ3) is 4.72. The maximum absolute atomic E-state index is 12.5. The van der Waals surface area contributed by atoms with Gasteiger partial charge in [-0.25, -0.2) is 9.48 Å². The van der Waals surface area contributed by atoms with Gasteiger partial charge in [-0.05, 0) is 47.5 Å². The second kappa shape index (κ2) is 7.23. The Morgan fingerprint density at radius 1 is 1.29 bits per heavy atom. The van der Waals surface area contributed by atoms with Crippen LogP contribution in [-0.2, 0) is 9.53 Å². The predicted molar refractivity (Wildman–Crippen MR) is 91.8 cm³/mol. The van der Waals surface area contributed by atoms with Crippen molar-refractivity contribution in [2.75, 3.05) is 18.4 Å². The van der Waals surface area contributed by atoms with Gasteiger partial charge in [-0.2, -0.15) is 5.10 Å². The molecular weight excluding hydrogens is 308 g/mol. The van der Waals surface area contributed by atoms with Crippen molar-refractivity contribution >= 4 is 17.8 Å². The van der Waals surface area contributed by atoms with Crippen LogP contribution < -0.4 is 5.32 Å². The van der Waals surface area contributed by atoms with Gasteiger partial charge in [0.25, 0.3) is 0 Å². The number of amides is 2. The van der Waals surface area contributed by atoms with Crippen LogP contribution >= 0.6 is 0 Å². The number of ether oxygens (including phenoxy) is 1. The first-order valence-electron chi connectivity index (χ1n) is 8.49. The summed E-state index contributed by atoms with van der Waals surface area (Å²) < 4.78 is 7.16. The molecule has 1 saturated heterocycles. The molecule has 0 radical (unpaired) electrons. The summed E-state index contributed by atoms with van der Waals surface area (Å²) in [6.45, 7) is 10.7. The topological polar surface area (TPSA) is 76.5 Å². The van der Waals surface area contributed by atoms with Gasteiger partial charge >= 0.3 is 6.09 Å². The van der Waals surface area contributed by atoms with E-state index in [0.29, 0.717) is 31.7 Å². The van der Waals surface area contributed by atoms with Crippen LogP contribution in [0.2, 0.25) is 0 Å². The maximum atomic E-state index is 12.5. The number of likely N-dealkylation sites (tertiary alicyclic amines) is 1. The van der Waals surface area contributed by atoms with Crippen LogP contribution in [0.5, 0.6) is 0 Å². The molecule has 0 saturated carbocycles. The van der Waals surface area contributed by atoms with Crippen molar-refractivity contribution in [3.05, 3.63) is 12.3 Å². The Morgan fingerprint density at radius 3 is 2.46 bits per heavy atom. The molecule has 24 heavy (non-hydrogen) atoms. The Labute approximate surface area is 143 Å². The van der Waals surface area contributed by atoms with Crippen molar-refractivity contribution in [2.45, 2.75) is 59.1 Å². The lowest BCUT2D eigenvalue weighted by molar-refractivity contribution is -0.121. The van der Waals surface area contributed by atoms with E-state index in [1.165, 1.54) is 0 Å². The summed E-state index contributed by atoms with van der Waals surface area (Å²) in [5.41, 5.74) is -0.499. The van der Waals surface area contributed by atoms with Crippen molar-refractivity contribution in [3.63, 3.8) is 0 Å². The molecule has 1 fully saturated rings. The Hall–Kier alpha value is -2.05. The number of nitrogens with one attached hydrogen (secondary N) is 1. The van der Waals surface area contributed by atoms with Crippen molar-refractivity contribution in [2.24, 2.45) is 5.92 Å². The first-order chi connectivity index (χ1) is 11.2. The number of carbonyl (C=O) groups is 2. The van der Waals surface area contributed by atoms with Crippen molar-refractivity contribution in [1.82, 2.24) is 14.7 Å². The van der Waals surface area contributed by atoms with E-state index in [2.05, 4.69) is 10.4 Å². The summed E-state index contributed by atoms with van der Waals surface area (Å²) in [7, 11) is 0. The van der Waals surface area contributed by atoms with Crippen LogP contribution in [-0.4, -0.2) is 45.4 Å². The number of carbonyl (C=O) groups excluding carboxylic acids is 2. The van der Waals surface area contributed by atoms with Gasteiger partial charge in [-0.1, -0.05) is 0 Å². The first-order valence-corrected chi connectivity index (χ1v) is 8.49. The summed E-state index contributed by atoms with van der Waals surface area (Å²) >= 11 is 0. The molecule has 1 aliphatic heterocycles. The standard InChI is InChI=1S/C17H28N4O3/c1-12(2)21-14(6-9-18-21)19-15(22)13-7-10-20(11-8-13)16(23)24-17(3,4)5/h6,9,12-13H,7-8,10-11H2,1-5H3,(H,19,22). The van der Waals surface area contributed by atoms with Crippen LogP contribution in [0.15, 0.2) is 12.3 Å². The molecule has 1 N–H and O–H groups in total. The zero-order chi connectivity index (χ0) is 17.9. The lowest BCUT2D eigenvalue weighted by Crippen LogP contribution is -2.43. The number of piperidine rings is 1. The molecule has 0 unspecified atom stereocenters. The molecule has 1 aromatic heterocycles. The molecule has 7 heteroatoms. The lowest BCUT2D eigenvalue weighted by Gasteiger charge is -2.33. The second-order valence-electron chi connectivity index (χ2n) is 7.49. The highest BCUT2D eigenvalue weighted by atomic mass is 16.6. The zero-order valence-electron chi connectivity index (χ0n) is 15.2. The summed E-state index contributed by atoms with van der Waals surface area (Å²) in [4.78, 5) is 26.2. The summed E-state index contributed by atoms with van der Waals surface area (Å²) in [6, 6.07) is 1.98. The number of anilines is 1. The number of hydrogen-bond donors (Lipinski definition) is 1. The fourth-order valence-electron chi connectivity index (χ4n) is 2.70. The molecule has 0 bridgehead atoms. The van der Waals surface area contributed by atoms with Crippen LogP contribution in [0.25, 0.3) is 0 Å². The van der Waals surface area contributed by atoms with E-state index >= 15 is 0 Å². The van der Waals surface area contributed by atoms with Crippen molar-refractivity contribution in [1.29, 1.82) is 0 Å². The van der Waals surface area contributed by atoms with E-state index in [1.54, 1.807) is 21.8 Å². The highest BCUT2D eigenvalue weighted by Crippen LogP contribution is 2.22. The molecule has 2 rings (SSSR count). The molecule has 2 heterocycles. The van der Waals surface area contributed by atoms with Gasteiger partial charge in [-0.3, -0.25) is 4.79 Å². The fourth-order valence-corrected chi connectivity index (χ4v) is 2.70. The largest absolute Gasteiger partial charge is 0.444 e. The highest BCUT2D eigenvalue weighted by molar-refractivity contribution is 5.92. The molecule has 134 valence electrons. The Balaban J connectivity index is 1.87. The summed E-state index contributed by atoms with van der Waals surface area (Å²) in [5, 5.41) is 7.17. The molecule has 0 aromatic carbocycles. The molecule has 1 aliphatic rings. The minimum Gasteiger partial charge on any atom is -0.444 e. The molecule has 0 aliphatic carbocycles. The highest BCUT2D eigenvalue weighted by Gasteiger charge is 2.30. The lowest BCUT2D eigenvalue weighted by atomic mass is 9.96. The Bertz CT molecular complexity index is 581. The quantitative estimate of drug-likeness (QED) is 0.920. The van der Waals surface area contributed by atoms with Gasteiger partial charge in [0, 0.05) is 31.1 Å². The monoisotopic (exact) mass is 336 g/mol. The SMILES string of the molecule is CC(C)n1nccc1NC(=O)C1CCN(C(=O)OC(C)(C)C)CC1. The van der Waals surface area contributed by atoms with E-state index in [4.69, 9.17) is 4.74 Å². The van der Waals surface area contributed by atoms with Gasteiger partial charge < -0.3 is 15.0 Å². The van der Waals surface area contributed by atoms with Crippen molar-refractivity contribution in [3.8, 4) is 0 Å². The number of hydrogen-bond acceptors (Lipinski definition) is 4. The van der Waals surface area contributed by atoms with E-state index < -0.39 is 5.60 Å². The second-order valence-corrected chi connectivity index (χ2v) is 7.49. The number of nitrogens with zero attached hydrogens (tertiary/aromatic N) is 3. The number of aromatic nitrogens is 2. The zero-order valence-corrected chi connectivity index (χ0v) is 15.2. The summed E-state index contributed by atoms with van der Waals surface area (Å²) in [5.74, 6) is 0.602. The summed E-state index contributed by atoms with van der Waals surface area (Å²) in [6.07, 6.45) is 2.65. The maximum Gasteiger partial charge on any atom is 0.410 e. The smallest absolute Gasteiger partial charge is 0.410 e. The van der Waals surface area contributed by atoms with Crippen LogP contribution in [0, 0.1) is 5.92 Å². The molecule has 0 atom stereocenters. The third-order valence-corrected chi connectivity index (χ3v) is 3.93. The predicted octanol–water partition coefficient (Wildman–Crippen LogP) is 3.05. The minimum atomic E-state index is -0.499. The minimum absolute atomic E-state index is 0.0127. The Kier molecular flexibility index (Phi) is 5.51. The van der Waals surface area contributed by atoms with Crippen LogP contribution in [0.3, 0.4) is 0 Å². The molecular formula is C17H28N4O3. The average Bonchev–Trinajstić information content (AvgIpc) is 2.94. The van der Waals surface area contributed by atoms with Gasteiger partial charge in [-0.15, -0.1) is 0 Å². The Morgan fingerprint density at radius 2 is 1.92 bits per heavy atom. The van der Waals surface area contributed by atoms with Gasteiger partial charge in [0.1, 0.15) is 11.4 Å². The van der Waals surface area contributed by atoms with Crippen LogP contribution in [0.1, 0.15) is 53.5 Å². The van der Waals surface area contributed by atoms with Crippen molar-refractivity contribution < 1.29 is 14.3 Å². The van der Waals surface area contributed by atoms with Gasteiger partial charge in [0.15, 0.2) is 0 Å². The van der Waals surface area contributed by atoms with E-state index in [9.17, 15) is 9.59 Å². The normalized spacial score (nSPS) is 16.3. The average molecular weight is 336 g/mol. The van der Waals surface area contributed by atoms with E-state index in [0.717, 1.165) is 0 Å². The van der Waals surface area contributed by atoms with E-state index in [-0.39, 0.29) is 24.0 Å². The first kappa shape index (κ1) is 18.3. The molecule has 0 spiro atoms. The van der Waals surface area contributed by atoms with E-state index in [1.807, 2.05) is 34.6 Å². The molecule has 2 amide bonds. The van der Waals surface area contributed by atoms with Gasteiger partial charge in [0.05, 0.1) is 6.20 Å². The molecule has 1 aromatic rings. The molecule has 7 nitrogen and oxygen atoms in total. The fraction of sp³-hybridized carbons (Fsp3) is 0.706. The van der Waals surface area contributed by atoms with Crippen LogP contribution in [0.4, 0.5) is 10.6 Å².